The Morgan fingerprint density at radius 1 is 1.67 bits per heavy atom. The van der Waals surface area contributed by atoms with Gasteiger partial charge in [-0.25, -0.2) is 0 Å². The van der Waals surface area contributed by atoms with E-state index in [1.807, 2.05) is 0 Å². The van der Waals surface area contributed by atoms with Crippen molar-refractivity contribution in [2.24, 2.45) is 5.73 Å². The number of morpholine rings is 1. The molecule has 1 aromatic rings. The van der Waals surface area contributed by atoms with Crippen LogP contribution in [0.3, 0.4) is 0 Å². The van der Waals surface area contributed by atoms with Gasteiger partial charge in [0.25, 0.3) is 6.01 Å². The lowest BCUT2D eigenvalue weighted by molar-refractivity contribution is 0.0367. The molecule has 1 fully saturated rings. The van der Waals surface area contributed by atoms with Crippen molar-refractivity contribution in [1.82, 2.24) is 4.98 Å². The third kappa shape index (κ3) is 2.30. The second kappa shape index (κ2) is 4.63. The van der Waals surface area contributed by atoms with Crippen LogP contribution in [0, 0.1) is 0 Å². The Morgan fingerprint density at radius 2 is 2.53 bits per heavy atom. The summed E-state index contributed by atoms with van der Waals surface area (Å²) < 4.78 is 10.9. The number of hydrogen-bond donors (Lipinski definition) is 1. The molecular formula is C10H17N3O2. The van der Waals surface area contributed by atoms with Crippen molar-refractivity contribution < 1.29 is 9.15 Å². The van der Waals surface area contributed by atoms with Gasteiger partial charge < -0.3 is 19.8 Å². The average molecular weight is 211 g/mol. The Bertz CT molecular complexity index is 313. The molecule has 2 N–H and O–H groups in total. The fraction of sp³-hybridized carbons (Fsp3) is 0.700. The SMILES string of the molecule is CCC1CN(c2nc(CN)co2)CCO1. The standard InChI is InChI=1S/C10H17N3O2/c1-2-9-6-13(3-4-14-9)10-12-8(5-11)7-15-10/h7,9H,2-6,11H2,1H3. The Kier molecular flexibility index (Phi) is 3.23. The second-order valence-corrected chi connectivity index (χ2v) is 3.67. The number of ether oxygens (including phenoxy) is 1. The molecule has 1 aromatic heterocycles. The van der Waals surface area contributed by atoms with Crippen molar-refractivity contribution in [2.75, 3.05) is 24.6 Å². The highest BCUT2D eigenvalue weighted by atomic mass is 16.5. The van der Waals surface area contributed by atoms with Gasteiger partial charge in [-0.2, -0.15) is 4.98 Å². The summed E-state index contributed by atoms with van der Waals surface area (Å²) in [5.74, 6) is 0. The molecule has 2 rings (SSSR count). The zero-order chi connectivity index (χ0) is 10.7. The molecule has 15 heavy (non-hydrogen) atoms. The van der Waals surface area contributed by atoms with E-state index in [9.17, 15) is 0 Å². The van der Waals surface area contributed by atoms with E-state index in [0.29, 0.717) is 12.6 Å². The van der Waals surface area contributed by atoms with Crippen LogP contribution in [-0.2, 0) is 11.3 Å². The topological polar surface area (TPSA) is 64.5 Å². The molecule has 5 heteroatoms. The first-order valence-electron chi connectivity index (χ1n) is 5.34. The van der Waals surface area contributed by atoms with Crippen molar-refractivity contribution in [3.8, 4) is 0 Å². The molecule has 1 saturated heterocycles. The van der Waals surface area contributed by atoms with Gasteiger partial charge in [-0.3, -0.25) is 0 Å². The highest BCUT2D eigenvalue weighted by Crippen LogP contribution is 2.17. The van der Waals surface area contributed by atoms with Crippen LogP contribution in [-0.4, -0.2) is 30.8 Å². The van der Waals surface area contributed by atoms with Crippen LogP contribution in [0.25, 0.3) is 0 Å². The van der Waals surface area contributed by atoms with Crippen molar-refractivity contribution in [2.45, 2.75) is 26.0 Å². The van der Waals surface area contributed by atoms with Gasteiger partial charge in [0.1, 0.15) is 6.26 Å². The van der Waals surface area contributed by atoms with Crippen LogP contribution in [0.2, 0.25) is 0 Å². The van der Waals surface area contributed by atoms with Crippen LogP contribution in [0.4, 0.5) is 6.01 Å². The molecule has 0 aliphatic carbocycles. The van der Waals surface area contributed by atoms with Gasteiger partial charge in [0, 0.05) is 19.6 Å². The summed E-state index contributed by atoms with van der Waals surface area (Å²) in [6, 6.07) is 0.664. The summed E-state index contributed by atoms with van der Waals surface area (Å²) in [7, 11) is 0. The number of hydrogen-bond acceptors (Lipinski definition) is 5. The molecule has 84 valence electrons. The predicted octanol–water partition coefficient (Wildman–Crippen LogP) is 0.749. The summed E-state index contributed by atoms with van der Waals surface area (Å²) in [5.41, 5.74) is 6.28. The van der Waals surface area contributed by atoms with Crippen molar-refractivity contribution in [3.05, 3.63) is 12.0 Å². The molecule has 0 radical (unpaired) electrons. The molecule has 5 nitrogen and oxygen atoms in total. The number of aromatic nitrogens is 1. The van der Waals surface area contributed by atoms with E-state index >= 15 is 0 Å². The molecule has 0 saturated carbocycles. The Hall–Kier alpha value is -1.07. The van der Waals surface area contributed by atoms with Crippen LogP contribution >= 0.6 is 0 Å². The molecule has 0 amide bonds. The van der Waals surface area contributed by atoms with Gasteiger partial charge in [0.2, 0.25) is 0 Å². The maximum atomic E-state index is 5.58. The molecule has 0 bridgehead atoms. The first kappa shape index (κ1) is 10.4. The van der Waals surface area contributed by atoms with Gasteiger partial charge in [-0.15, -0.1) is 0 Å². The fourth-order valence-corrected chi connectivity index (χ4v) is 1.68. The maximum Gasteiger partial charge on any atom is 0.297 e. The molecule has 0 aromatic carbocycles. The van der Waals surface area contributed by atoms with Crippen LogP contribution in [0.5, 0.6) is 0 Å². The molecule has 2 heterocycles. The van der Waals surface area contributed by atoms with Crippen LogP contribution < -0.4 is 10.6 Å². The third-order valence-corrected chi connectivity index (χ3v) is 2.61. The number of anilines is 1. The Balaban J connectivity index is 2.03. The van der Waals surface area contributed by atoms with Gasteiger partial charge in [0.15, 0.2) is 0 Å². The lowest BCUT2D eigenvalue weighted by Crippen LogP contribution is -2.42. The van der Waals surface area contributed by atoms with Crippen molar-refractivity contribution >= 4 is 6.01 Å². The number of nitrogens with two attached hydrogens (primary N) is 1. The van der Waals surface area contributed by atoms with E-state index in [1.165, 1.54) is 0 Å². The number of rotatable bonds is 3. The first-order chi connectivity index (χ1) is 7.33. The fourth-order valence-electron chi connectivity index (χ4n) is 1.68. The summed E-state index contributed by atoms with van der Waals surface area (Å²) in [6.45, 7) is 4.96. The van der Waals surface area contributed by atoms with Gasteiger partial charge in [-0.05, 0) is 6.42 Å². The van der Waals surface area contributed by atoms with E-state index in [2.05, 4.69) is 16.8 Å². The normalized spacial score (nSPS) is 22.0. The monoisotopic (exact) mass is 211 g/mol. The van der Waals surface area contributed by atoms with E-state index in [0.717, 1.165) is 31.8 Å². The van der Waals surface area contributed by atoms with E-state index in [-0.39, 0.29) is 6.10 Å². The zero-order valence-corrected chi connectivity index (χ0v) is 8.98. The number of oxazole rings is 1. The van der Waals surface area contributed by atoms with Crippen molar-refractivity contribution in [1.29, 1.82) is 0 Å². The molecular weight excluding hydrogens is 194 g/mol. The van der Waals surface area contributed by atoms with Gasteiger partial charge >= 0.3 is 0 Å². The third-order valence-electron chi connectivity index (χ3n) is 2.61. The molecule has 1 atom stereocenters. The lowest BCUT2D eigenvalue weighted by Gasteiger charge is -2.31. The zero-order valence-electron chi connectivity index (χ0n) is 8.98. The summed E-state index contributed by atoms with van der Waals surface area (Å²) >= 11 is 0. The second-order valence-electron chi connectivity index (χ2n) is 3.67. The van der Waals surface area contributed by atoms with E-state index in [1.54, 1.807) is 6.26 Å². The summed E-state index contributed by atoms with van der Waals surface area (Å²) in [4.78, 5) is 6.41. The van der Waals surface area contributed by atoms with E-state index in [4.69, 9.17) is 14.9 Å². The smallest absolute Gasteiger partial charge is 0.297 e. The minimum Gasteiger partial charge on any atom is -0.432 e. The maximum absolute atomic E-state index is 5.58. The summed E-state index contributed by atoms with van der Waals surface area (Å²) in [5, 5.41) is 0. The average Bonchev–Trinajstić information content (AvgIpc) is 2.78. The number of nitrogens with zero attached hydrogens (tertiary/aromatic N) is 2. The van der Waals surface area contributed by atoms with Gasteiger partial charge in [0.05, 0.1) is 18.4 Å². The first-order valence-corrected chi connectivity index (χ1v) is 5.34. The van der Waals surface area contributed by atoms with E-state index < -0.39 is 0 Å². The molecule has 1 aliphatic heterocycles. The molecule has 1 aliphatic rings. The minimum atomic E-state index is 0.284. The molecule has 0 spiro atoms. The van der Waals surface area contributed by atoms with Crippen molar-refractivity contribution in [3.63, 3.8) is 0 Å². The highest BCUT2D eigenvalue weighted by Gasteiger charge is 2.22. The minimum absolute atomic E-state index is 0.284. The largest absolute Gasteiger partial charge is 0.432 e. The molecule has 1 unspecified atom stereocenters. The lowest BCUT2D eigenvalue weighted by atomic mass is 10.2. The predicted molar refractivity (Wildman–Crippen MR) is 56.6 cm³/mol. The van der Waals surface area contributed by atoms with Crippen LogP contribution in [0.15, 0.2) is 10.7 Å². The highest BCUT2D eigenvalue weighted by molar-refractivity contribution is 5.27. The quantitative estimate of drug-likeness (QED) is 0.799. The van der Waals surface area contributed by atoms with Crippen LogP contribution in [0.1, 0.15) is 19.0 Å². The summed E-state index contributed by atoms with van der Waals surface area (Å²) in [6.07, 6.45) is 2.92. The Labute approximate surface area is 89.2 Å². The van der Waals surface area contributed by atoms with Gasteiger partial charge in [-0.1, -0.05) is 6.92 Å². The Morgan fingerprint density at radius 3 is 3.20 bits per heavy atom.